The van der Waals surface area contributed by atoms with E-state index in [-0.39, 0.29) is 5.82 Å². The standard InChI is InChI=1S/C12H12FN3/c1-14-8-12-15-6-10(7-16-12)9-2-4-11(13)5-3-9/h2-7,14H,8H2,1H3. The minimum Gasteiger partial charge on any atom is -0.313 e. The molecule has 1 aromatic carbocycles. The molecule has 82 valence electrons. The topological polar surface area (TPSA) is 37.8 Å². The fourth-order valence-corrected chi connectivity index (χ4v) is 1.40. The Balaban J connectivity index is 2.24. The van der Waals surface area contributed by atoms with Crippen LogP contribution in [0.4, 0.5) is 4.39 Å². The number of rotatable bonds is 3. The molecule has 0 saturated heterocycles. The van der Waals surface area contributed by atoms with Gasteiger partial charge in [-0.25, -0.2) is 14.4 Å². The van der Waals surface area contributed by atoms with Gasteiger partial charge in [-0.15, -0.1) is 0 Å². The summed E-state index contributed by atoms with van der Waals surface area (Å²) in [7, 11) is 1.84. The van der Waals surface area contributed by atoms with Gasteiger partial charge in [0.05, 0.1) is 6.54 Å². The van der Waals surface area contributed by atoms with E-state index in [2.05, 4.69) is 15.3 Å². The molecule has 1 heterocycles. The van der Waals surface area contributed by atoms with Crippen LogP contribution < -0.4 is 5.32 Å². The van der Waals surface area contributed by atoms with Crippen LogP contribution in [0.5, 0.6) is 0 Å². The third-order valence-electron chi connectivity index (χ3n) is 2.22. The van der Waals surface area contributed by atoms with Gasteiger partial charge in [-0.2, -0.15) is 0 Å². The second-order valence-electron chi connectivity index (χ2n) is 3.43. The lowest BCUT2D eigenvalue weighted by Crippen LogP contribution is -2.08. The van der Waals surface area contributed by atoms with Crippen molar-refractivity contribution in [3.8, 4) is 11.1 Å². The molecular weight excluding hydrogens is 205 g/mol. The smallest absolute Gasteiger partial charge is 0.141 e. The van der Waals surface area contributed by atoms with E-state index < -0.39 is 0 Å². The lowest BCUT2D eigenvalue weighted by molar-refractivity contribution is 0.628. The van der Waals surface area contributed by atoms with Crippen molar-refractivity contribution in [2.45, 2.75) is 6.54 Å². The molecule has 1 aromatic heterocycles. The highest BCUT2D eigenvalue weighted by Gasteiger charge is 2.00. The van der Waals surface area contributed by atoms with E-state index in [9.17, 15) is 4.39 Å². The summed E-state index contributed by atoms with van der Waals surface area (Å²) in [6, 6.07) is 6.28. The quantitative estimate of drug-likeness (QED) is 0.854. The molecule has 0 radical (unpaired) electrons. The second kappa shape index (κ2) is 4.81. The molecule has 0 aliphatic rings. The molecule has 1 N–H and O–H groups in total. The molecule has 0 saturated carbocycles. The molecule has 0 unspecified atom stereocenters. The first-order valence-electron chi connectivity index (χ1n) is 5.01. The second-order valence-corrected chi connectivity index (χ2v) is 3.43. The monoisotopic (exact) mass is 217 g/mol. The summed E-state index contributed by atoms with van der Waals surface area (Å²) in [5.74, 6) is 0.504. The number of nitrogens with one attached hydrogen (secondary N) is 1. The average Bonchev–Trinajstić information content (AvgIpc) is 2.32. The molecule has 0 bridgehead atoms. The van der Waals surface area contributed by atoms with Crippen molar-refractivity contribution >= 4 is 0 Å². The number of nitrogens with zero attached hydrogens (tertiary/aromatic N) is 2. The van der Waals surface area contributed by atoms with Gasteiger partial charge in [0, 0.05) is 18.0 Å². The normalized spacial score (nSPS) is 10.4. The van der Waals surface area contributed by atoms with Crippen LogP contribution in [0.25, 0.3) is 11.1 Å². The van der Waals surface area contributed by atoms with Crippen molar-refractivity contribution in [3.63, 3.8) is 0 Å². The lowest BCUT2D eigenvalue weighted by Gasteiger charge is -2.02. The van der Waals surface area contributed by atoms with E-state index in [0.29, 0.717) is 6.54 Å². The summed E-state index contributed by atoms with van der Waals surface area (Å²) >= 11 is 0. The molecule has 4 heteroatoms. The maximum Gasteiger partial charge on any atom is 0.141 e. The minimum atomic E-state index is -0.239. The van der Waals surface area contributed by atoms with Crippen molar-refractivity contribution < 1.29 is 4.39 Å². The Kier molecular flexibility index (Phi) is 3.22. The third kappa shape index (κ3) is 2.41. The number of hydrogen-bond acceptors (Lipinski definition) is 3. The molecule has 3 nitrogen and oxygen atoms in total. The van der Waals surface area contributed by atoms with Gasteiger partial charge in [0.1, 0.15) is 11.6 Å². The van der Waals surface area contributed by atoms with Crippen LogP contribution in [-0.4, -0.2) is 17.0 Å². The van der Waals surface area contributed by atoms with Crippen LogP contribution >= 0.6 is 0 Å². The molecular formula is C12H12FN3. The molecule has 0 atom stereocenters. The molecule has 0 amide bonds. The van der Waals surface area contributed by atoms with E-state index in [4.69, 9.17) is 0 Å². The number of benzene rings is 1. The highest BCUT2D eigenvalue weighted by molar-refractivity contribution is 5.61. The van der Waals surface area contributed by atoms with Gasteiger partial charge < -0.3 is 5.32 Å². The van der Waals surface area contributed by atoms with Crippen LogP contribution in [0.15, 0.2) is 36.7 Å². The fraction of sp³-hybridized carbons (Fsp3) is 0.167. The van der Waals surface area contributed by atoms with Crippen molar-refractivity contribution in [2.75, 3.05) is 7.05 Å². The Hall–Kier alpha value is -1.81. The van der Waals surface area contributed by atoms with Crippen LogP contribution in [0.2, 0.25) is 0 Å². The van der Waals surface area contributed by atoms with Crippen LogP contribution in [0.1, 0.15) is 5.82 Å². The zero-order valence-corrected chi connectivity index (χ0v) is 8.94. The van der Waals surface area contributed by atoms with E-state index in [1.54, 1.807) is 24.5 Å². The summed E-state index contributed by atoms with van der Waals surface area (Å²) in [6.45, 7) is 0.643. The first-order valence-corrected chi connectivity index (χ1v) is 5.01. The van der Waals surface area contributed by atoms with E-state index >= 15 is 0 Å². The summed E-state index contributed by atoms with van der Waals surface area (Å²) in [5, 5.41) is 2.98. The Morgan fingerprint density at radius 1 is 1.06 bits per heavy atom. The van der Waals surface area contributed by atoms with Crippen LogP contribution in [-0.2, 0) is 6.54 Å². The van der Waals surface area contributed by atoms with Gasteiger partial charge in [0.2, 0.25) is 0 Å². The number of aromatic nitrogens is 2. The molecule has 2 aromatic rings. The lowest BCUT2D eigenvalue weighted by atomic mass is 10.1. The first kappa shape index (κ1) is 10.7. The SMILES string of the molecule is CNCc1ncc(-c2ccc(F)cc2)cn1. The van der Waals surface area contributed by atoms with E-state index in [1.165, 1.54) is 12.1 Å². The predicted molar refractivity (Wildman–Crippen MR) is 60.2 cm³/mol. The van der Waals surface area contributed by atoms with E-state index in [1.807, 2.05) is 7.05 Å². The highest BCUT2D eigenvalue weighted by Crippen LogP contribution is 2.17. The largest absolute Gasteiger partial charge is 0.313 e. The average molecular weight is 217 g/mol. The maximum absolute atomic E-state index is 12.7. The van der Waals surface area contributed by atoms with Crippen molar-refractivity contribution in [1.82, 2.24) is 15.3 Å². The van der Waals surface area contributed by atoms with Crippen molar-refractivity contribution in [3.05, 3.63) is 48.3 Å². The number of halogens is 1. The van der Waals surface area contributed by atoms with Gasteiger partial charge in [0.15, 0.2) is 0 Å². The first-order chi connectivity index (χ1) is 7.79. The Morgan fingerprint density at radius 3 is 2.25 bits per heavy atom. The van der Waals surface area contributed by atoms with Gasteiger partial charge in [-0.05, 0) is 24.7 Å². The molecule has 0 spiro atoms. The van der Waals surface area contributed by atoms with Gasteiger partial charge >= 0.3 is 0 Å². The van der Waals surface area contributed by atoms with E-state index in [0.717, 1.165) is 17.0 Å². The third-order valence-corrected chi connectivity index (χ3v) is 2.22. The molecule has 0 fully saturated rings. The zero-order valence-electron chi connectivity index (χ0n) is 8.94. The Labute approximate surface area is 93.4 Å². The predicted octanol–water partition coefficient (Wildman–Crippen LogP) is 2.00. The van der Waals surface area contributed by atoms with Crippen LogP contribution in [0, 0.1) is 5.82 Å². The Morgan fingerprint density at radius 2 is 1.69 bits per heavy atom. The van der Waals surface area contributed by atoms with Crippen LogP contribution in [0.3, 0.4) is 0 Å². The van der Waals surface area contributed by atoms with Crippen molar-refractivity contribution in [2.24, 2.45) is 0 Å². The summed E-state index contributed by atoms with van der Waals surface area (Å²) < 4.78 is 12.7. The summed E-state index contributed by atoms with van der Waals surface area (Å²) in [4.78, 5) is 8.40. The molecule has 0 aliphatic heterocycles. The highest BCUT2D eigenvalue weighted by atomic mass is 19.1. The molecule has 16 heavy (non-hydrogen) atoms. The maximum atomic E-state index is 12.7. The summed E-state index contributed by atoms with van der Waals surface area (Å²) in [5.41, 5.74) is 1.80. The summed E-state index contributed by atoms with van der Waals surface area (Å²) in [6.07, 6.45) is 3.49. The molecule has 2 rings (SSSR count). The fourth-order valence-electron chi connectivity index (χ4n) is 1.40. The van der Waals surface area contributed by atoms with Gasteiger partial charge in [-0.1, -0.05) is 12.1 Å². The number of hydrogen-bond donors (Lipinski definition) is 1. The minimum absolute atomic E-state index is 0.239. The molecule has 0 aliphatic carbocycles. The van der Waals surface area contributed by atoms with Gasteiger partial charge in [0.25, 0.3) is 0 Å². The van der Waals surface area contributed by atoms with Gasteiger partial charge in [-0.3, -0.25) is 0 Å². The Bertz CT molecular complexity index is 451. The zero-order chi connectivity index (χ0) is 11.4. The van der Waals surface area contributed by atoms with Crippen molar-refractivity contribution in [1.29, 1.82) is 0 Å².